The SMILES string of the molecule is O=C(O)c1cc(=O)cn[nH]1. The molecule has 0 saturated carbocycles. The van der Waals surface area contributed by atoms with E-state index >= 15 is 0 Å². The van der Waals surface area contributed by atoms with Crippen LogP contribution >= 0.6 is 0 Å². The molecule has 0 radical (unpaired) electrons. The summed E-state index contributed by atoms with van der Waals surface area (Å²) < 4.78 is 0. The third-order valence-corrected chi connectivity index (χ3v) is 0.894. The van der Waals surface area contributed by atoms with Crippen molar-refractivity contribution in [2.75, 3.05) is 0 Å². The molecule has 0 fully saturated rings. The van der Waals surface area contributed by atoms with E-state index in [2.05, 4.69) is 10.2 Å². The van der Waals surface area contributed by atoms with Crippen LogP contribution in [0.2, 0.25) is 0 Å². The van der Waals surface area contributed by atoms with Crippen LogP contribution in [0.1, 0.15) is 10.5 Å². The molecule has 0 atom stereocenters. The molecule has 1 rings (SSSR count). The average Bonchev–Trinajstić information content (AvgIpc) is 1.88. The second kappa shape index (κ2) is 2.30. The van der Waals surface area contributed by atoms with Gasteiger partial charge in [0.2, 0.25) is 5.43 Å². The Morgan fingerprint density at radius 1 is 1.70 bits per heavy atom. The number of H-pyrrole nitrogens is 1. The van der Waals surface area contributed by atoms with Gasteiger partial charge in [0.05, 0.1) is 6.20 Å². The summed E-state index contributed by atoms with van der Waals surface area (Å²) in [6, 6.07) is 0.968. The minimum atomic E-state index is -1.19. The van der Waals surface area contributed by atoms with Crippen LogP contribution in [0.25, 0.3) is 0 Å². The van der Waals surface area contributed by atoms with Crippen molar-refractivity contribution in [2.24, 2.45) is 0 Å². The van der Waals surface area contributed by atoms with Gasteiger partial charge < -0.3 is 5.11 Å². The fraction of sp³-hybridized carbons (Fsp3) is 0. The molecule has 5 heteroatoms. The van der Waals surface area contributed by atoms with Crippen molar-refractivity contribution in [1.29, 1.82) is 0 Å². The Labute approximate surface area is 55.3 Å². The van der Waals surface area contributed by atoms with Crippen LogP contribution in [0.15, 0.2) is 17.1 Å². The summed E-state index contributed by atoms with van der Waals surface area (Å²) in [5, 5.41) is 13.7. The van der Waals surface area contributed by atoms with Gasteiger partial charge in [0.15, 0.2) is 0 Å². The van der Waals surface area contributed by atoms with Gasteiger partial charge in [-0.1, -0.05) is 0 Å². The molecule has 1 aromatic heterocycles. The van der Waals surface area contributed by atoms with E-state index in [0.29, 0.717) is 0 Å². The minimum absolute atomic E-state index is 0.201. The van der Waals surface area contributed by atoms with Crippen LogP contribution in [0, 0.1) is 0 Å². The summed E-state index contributed by atoms with van der Waals surface area (Å²) in [6.07, 6.45) is 1.01. The van der Waals surface area contributed by atoms with E-state index in [-0.39, 0.29) is 5.69 Å². The number of nitrogens with zero attached hydrogens (tertiary/aromatic N) is 1. The molecule has 0 aliphatic heterocycles. The van der Waals surface area contributed by atoms with Crippen LogP contribution in [0.4, 0.5) is 0 Å². The zero-order valence-electron chi connectivity index (χ0n) is 4.87. The van der Waals surface area contributed by atoms with Gasteiger partial charge in [-0.15, -0.1) is 0 Å². The average molecular weight is 140 g/mol. The van der Waals surface area contributed by atoms with E-state index in [1.54, 1.807) is 0 Å². The Bertz CT molecular complexity index is 304. The van der Waals surface area contributed by atoms with Crippen molar-refractivity contribution in [2.45, 2.75) is 0 Å². The van der Waals surface area contributed by atoms with E-state index in [9.17, 15) is 9.59 Å². The fourth-order valence-electron chi connectivity index (χ4n) is 0.487. The number of aromatic amines is 1. The number of carbonyl (C=O) groups is 1. The Kier molecular flexibility index (Phi) is 1.49. The van der Waals surface area contributed by atoms with Gasteiger partial charge in [0, 0.05) is 6.07 Å². The highest BCUT2D eigenvalue weighted by Gasteiger charge is 2.01. The lowest BCUT2D eigenvalue weighted by Gasteiger charge is -1.88. The molecule has 1 heterocycles. The molecule has 0 aliphatic rings. The third-order valence-electron chi connectivity index (χ3n) is 0.894. The summed E-state index contributed by atoms with van der Waals surface area (Å²) in [4.78, 5) is 20.6. The number of nitrogens with one attached hydrogen (secondary N) is 1. The number of carboxylic acid groups (broad SMARTS) is 1. The standard InChI is InChI=1S/C5H4N2O3/c8-3-1-4(5(9)10)7-6-2-3/h1-2H,(H,7,8)(H,9,10). The Morgan fingerprint density at radius 2 is 2.40 bits per heavy atom. The number of rotatable bonds is 1. The van der Waals surface area contributed by atoms with Crippen LogP contribution in [-0.2, 0) is 0 Å². The normalized spacial score (nSPS) is 9.20. The molecule has 0 unspecified atom stereocenters. The van der Waals surface area contributed by atoms with E-state index < -0.39 is 11.4 Å². The number of hydrogen-bond donors (Lipinski definition) is 2. The monoisotopic (exact) mass is 140 g/mol. The molecule has 0 saturated heterocycles. The molecule has 0 spiro atoms. The Morgan fingerprint density at radius 3 is 2.80 bits per heavy atom. The van der Waals surface area contributed by atoms with Crippen molar-refractivity contribution in [3.05, 3.63) is 28.2 Å². The quantitative estimate of drug-likeness (QED) is 0.549. The van der Waals surface area contributed by atoms with Crippen molar-refractivity contribution < 1.29 is 9.90 Å². The Balaban J connectivity index is 3.20. The van der Waals surface area contributed by atoms with Crippen LogP contribution < -0.4 is 5.43 Å². The lowest BCUT2D eigenvalue weighted by molar-refractivity contribution is 0.0689. The highest BCUT2D eigenvalue weighted by atomic mass is 16.4. The topological polar surface area (TPSA) is 83.0 Å². The summed E-state index contributed by atoms with van der Waals surface area (Å²) in [6.45, 7) is 0. The van der Waals surface area contributed by atoms with Gasteiger partial charge in [-0.2, -0.15) is 5.10 Å². The lowest BCUT2D eigenvalue weighted by atomic mass is 10.4. The third kappa shape index (κ3) is 1.19. The first-order valence-corrected chi connectivity index (χ1v) is 2.48. The van der Waals surface area contributed by atoms with Crippen molar-refractivity contribution >= 4 is 5.97 Å². The second-order valence-electron chi connectivity index (χ2n) is 1.64. The van der Waals surface area contributed by atoms with Gasteiger partial charge in [0.25, 0.3) is 0 Å². The van der Waals surface area contributed by atoms with E-state index in [1.165, 1.54) is 0 Å². The van der Waals surface area contributed by atoms with E-state index in [0.717, 1.165) is 12.3 Å². The first kappa shape index (κ1) is 6.47. The highest BCUT2D eigenvalue weighted by Crippen LogP contribution is 1.83. The molecule has 2 N–H and O–H groups in total. The van der Waals surface area contributed by atoms with Crippen molar-refractivity contribution in [3.8, 4) is 0 Å². The minimum Gasteiger partial charge on any atom is -0.477 e. The summed E-state index contributed by atoms with van der Waals surface area (Å²) in [5.74, 6) is -1.19. The molecule has 5 nitrogen and oxygen atoms in total. The van der Waals surface area contributed by atoms with E-state index in [1.807, 2.05) is 0 Å². The van der Waals surface area contributed by atoms with Gasteiger partial charge in [-0.3, -0.25) is 9.89 Å². The summed E-state index contributed by atoms with van der Waals surface area (Å²) >= 11 is 0. The van der Waals surface area contributed by atoms with Crippen LogP contribution in [0.5, 0.6) is 0 Å². The maximum Gasteiger partial charge on any atom is 0.353 e. The van der Waals surface area contributed by atoms with Gasteiger partial charge in [0.1, 0.15) is 5.69 Å². The number of aromatic carboxylic acids is 1. The molecule has 0 aliphatic carbocycles. The highest BCUT2D eigenvalue weighted by molar-refractivity contribution is 5.84. The summed E-state index contributed by atoms with van der Waals surface area (Å²) in [5.41, 5.74) is -0.622. The van der Waals surface area contributed by atoms with Crippen LogP contribution in [-0.4, -0.2) is 21.3 Å². The maximum atomic E-state index is 10.4. The van der Waals surface area contributed by atoms with Gasteiger partial charge in [-0.25, -0.2) is 4.79 Å². The zero-order valence-corrected chi connectivity index (χ0v) is 4.87. The van der Waals surface area contributed by atoms with Crippen LogP contribution in [0.3, 0.4) is 0 Å². The molecule has 0 bridgehead atoms. The number of hydrogen-bond acceptors (Lipinski definition) is 3. The fourth-order valence-corrected chi connectivity index (χ4v) is 0.487. The number of aromatic nitrogens is 2. The molecular weight excluding hydrogens is 136 g/mol. The largest absolute Gasteiger partial charge is 0.477 e. The zero-order chi connectivity index (χ0) is 7.56. The Hall–Kier alpha value is -1.65. The molecule has 0 amide bonds. The molecule has 0 aromatic carbocycles. The molecule has 52 valence electrons. The van der Waals surface area contributed by atoms with Gasteiger partial charge >= 0.3 is 5.97 Å². The van der Waals surface area contributed by atoms with Crippen molar-refractivity contribution in [3.63, 3.8) is 0 Å². The maximum absolute atomic E-state index is 10.4. The molecule has 1 aromatic rings. The predicted octanol–water partition coefficient (Wildman–Crippen LogP) is -0.532. The smallest absolute Gasteiger partial charge is 0.353 e. The predicted molar refractivity (Wildman–Crippen MR) is 31.8 cm³/mol. The lowest BCUT2D eigenvalue weighted by Crippen LogP contribution is -2.08. The first-order valence-electron chi connectivity index (χ1n) is 2.48. The van der Waals surface area contributed by atoms with Crippen molar-refractivity contribution in [1.82, 2.24) is 10.2 Å². The second-order valence-corrected chi connectivity index (χ2v) is 1.64. The van der Waals surface area contributed by atoms with E-state index in [4.69, 9.17) is 5.11 Å². The first-order chi connectivity index (χ1) is 4.70. The van der Waals surface area contributed by atoms with Gasteiger partial charge in [-0.05, 0) is 0 Å². The summed E-state index contributed by atoms with van der Waals surface area (Å²) in [7, 11) is 0. The molecule has 10 heavy (non-hydrogen) atoms. The molecular formula is C5H4N2O3. The number of carboxylic acids is 1.